The molecule has 3 heterocycles. The number of fused-ring (bicyclic) bond motifs is 2. The number of imide groups is 2. The van der Waals surface area contributed by atoms with E-state index >= 15 is 0 Å². The Morgan fingerprint density at radius 2 is 1.94 bits per heavy atom. The van der Waals surface area contributed by atoms with Crippen molar-refractivity contribution in [3.8, 4) is 0 Å². The lowest BCUT2D eigenvalue weighted by atomic mass is 9.53. The molecule has 1 aromatic rings. The highest BCUT2D eigenvalue weighted by atomic mass is 16.2. The summed E-state index contributed by atoms with van der Waals surface area (Å²) in [6, 6.07) is 5.19. The van der Waals surface area contributed by atoms with Gasteiger partial charge in [0, 0.05) is 25.0 Å². The molecule has 0 bridgehead atoms. The maximum absolute atomic E-state index is 13.2. The smallest absolute Gasteiger partial charge is 0.262 e. The van der Waals surface area contributed by atoms with Gasteiger partial charge in [0.05, 0.1) is 11.1 Å². The van der Waals surface area contributed by atoms with Gasteiger partial charge in [0.2, 0.25) is 11.8 Å². The molecule has 4 unspecified atom stereocenters. The average molecular weight is 425 g/mol. The summed E-state index contributed by atoms with van der Waals surface area (Å²) < 4.78 is 0. The summed E-state index contributed by atoms with van der Waals surface area (Å²) in [4.78, 5) is 51.0. The zero-order valence-electron chi connectivity index (χ0n) is 17.9. The van der Waals surface area contributed by atoms with Crippen molar-refractivity contribution in [2.24, 2.45) is 11.3 Å². The van der Waals surface area contributed by atoms with Gasteiger partial charge in [-0.15, -0.1) is 0 Å². The van der Waals surface area contributed by atoms with E-state index in [0.717, 1.165) is 17.0 Å². The second kappa shape index (κ2) is 7.24. The molecule has 4 amide bonds. The van der Waals surface area contributed by atoms with Crippen molar-refractivity contribution in [1.29, 1.82) is 0 Å². The number of carbonyl (C=O) groups is 4. The molecule has 8 nitrogen and oxygen atoms in total. The topological polar surface area (TPSA) is 108 Å². The van der Waals surface area contributed by atoms with Crippen molar-refractivity contribution in [1.82, 2.24) is 20.9 Å². The van der Waals surface area contributed by atoms with E-state index in [1.807, 2.05) is 6.07 Å². The molecule has 3 fully saturated rings. The highest BCUT2D eigenvalue weighted by Crippen LogP contribution is 2.49. The molecular weight excluding hydrogens is 396 g/mol. The van der Waals surface area contributed by atoms with Crippen LogP contribution in [0, 0.1) is 11.3 Å². The molecular formula is C23H28N4O4. The fourth-order valence-electron chi connectivity index (χ4n) is 6.08. The zero-order valence-corrected chi connectivity index (χ0v) is 17.9. The van der Waals surface area contributed by atoms with Gasteiger partial charge in [-0.05, 0) is 48.8 Å². The summed E-state index contributed by atoms with van der Waals surface area (Å²) in [7, 11) is 0. The van der Waals surface area contributed by atoms with Crippen molar-refractivity contribution >= 4 is 23.6 Å². The van der Waals surface area contributed by atoms with Crippen molar-refractivity contribution in [2.45, 2.75) is 64.2 Å². The van der Waals surface area contributed by atoms with Crippen LogP contribution in [0.3, 0.4) is 0 Å². The quantitative estimate of drug-likeness (QED) is 0.622. The van der Waals surface area contributed by atoms with Crippen LogP contribution in [0.25, 0.3) is 0 Å². The lowest BCUT2D eigenvalue weighted by Gasteiger charge is -2.61. The summed E-state index contributed by atoms with van der Waals surface area (Å²) in [5, 5.41) is 9.52. The number of rotatable bonds is 4. The van der Waals surface area contributed by atoms with Gasteiger partial charge in [-0.25, -0.2) is 0 Å². The first-order valence-corrected chi connectivity index (χ1v) is 11.1. The number of nitrogens with one attached hydrogen (secondary N) is 3. The predicted octanol–water partition coefficient (Wildman–Crippen LogP) is 0.954. The fourth-order valence-corrected chi connectivity index (χ4v) is 6.08. The second-order valence-corrected chi connectivity index (χ2v) is 9.70. The first-order valence-electron chi connectivity index (χ1n) is 11.1. The maximum Gasteiger partial charge on any atom is 0.262 e. The van der Waals surface area contributed by atoms with Crippen molar-refractivity contribution in [3.63, 3.8) is 0 Å². The molecule has 0 aromatic heterocycles. The average Bonchev–Trinajstić information content (AvgIpc) is 2.99. The number of carbonyl (C=O) groups excluding carboxylic acids is 4. The minimum atomic E-state index is -0.939. The second-order valence-electron chi connectivity index (χ2n) is 9.70. The number of amides is 4. The Kier molecular flexibility index (Phi) is 4.75. The van der Waals surface area contributed by atoms with E-state index in [9.17, 15) is 19.2 Å². The van der Waals surface area contributed by atoms with Crippen LogP contribution in [0.5, 0.6) is 0 Å². The van der Waals surface area contributed by atoms with Crippen LogP contribution in [-0.2, 0) is 16.1 Å². The van der Waals surface area contributed by atoms with Crippen molar-refractivity contribution in [2.75, 3.05) is 6.54 Å². The maximum atomic E-state index is 13.2. The van der Waals surface area contributed by atoms with Crippen LogP contribution in [0.1, 0.15) is 65.8 Å². The molecule has 0 radical (unpaired) electrons. The Labute approximate surface area is 181 Å². The minimum Gasteiger partial charge on any atom is -0.313 e. The van der Waals surface area contributed by atoms with Gasteiger partial charge in [-0.1, -0.05) is 26.0 Å². The summed E-state index contributed by atoms with van der Waals surface area (Å²) in [6.07, 6.45) is 2.64. The number of benzene rings is 1. The van der Waals surface area contributed by atoms with Gasteiger partial charge in [0.25, 0.3) is 11.8 Å². The lowest BCUT2D eigenvalue weighted by molar-refractivity contribution is -0.136. The van der Waals surface area contributed by atoms with E-state index in [-0.39, 0.29) is 24.2 Å². The van der Waals surface area contributed by atoms with E-state index in [2.05, 4.69) is 29.8 Å². The lowest BCUT2D eigenvalue weighted by Crippen LogP contribution is -2.73. The number of piperidine rings is 2. The van der Waals surface area contributed by atoms with Gasteiger partial charge in [-0.2, -0.15) is 0 Å². The molecule has 1 aliphatic carbocycles. The molecule has 5 rings (SSSR count). The van der Waals surface area contributed by atoms with E-state index in [0.29, 0.717) is 35.7 Å². The van der Waals surface area contributed by atoms with Gasteiger partial charge < -0.3 is 10.6 Å². The summed E-state index contributed by atoms with van der Waals surface area (Å²) in [6.45, 7) is 6.08. The standard InChI is InChI=1S/C23H28N4O4/c1-23(2)18-14(7-4-10-24-18)19(23)25-11-12-5-3-6-13-17(12)22(31)27(21(13)30)15-8-9-16(28)26-20(15)29/h3,5-6,14-15,18-19,24-25H,4,7-11H2,1-2H3,(H,26,28,29). The molecule has 164 valence electrons. The van der Waals surface area contributed by atoms with Gasteiger partial charge in [0.1, 0.15) is 6.04 Å². The largest absolute Gasteiger partial charge is 0.313 e. The van der Waals surface area contributed by atoms with Crippen LogP contribution in [0.15, 0.2) is 18.2 Å². The van der Waals surface area contributed by atoms with Gasteiger partial charge in [-0.3, -0.25) is 29.4 Å². The molecule has 4 aliphatic rings. The zero-order chi connectivity index (χ0) is 21.9. The van der Waals surface area contributed by atoms with Crippen LogP contribution >= 0.6 is 0 Å². The third-order valence-corrected chi connectivity index (χ3v) is 7.60. The SMILES string of the molecule is CC1(C)C2NCCCC2C1NCc1cccc2c1C(=O)N(C1CCC(=O)NC1=O)C2=O. The third kappa shape index (κ3) is 3.03. The molecule has 3 aliphatic heterocycles. The first-order chi connectivity index (χ1) is 14.8. The summed E-state index contributed by atoms with van der Waals surface area (Å²) in [5.41, 5.74) is 1.59. The van der Waals surface area contributed by atoms with Crippen LogP contribution in [0.4, 0.5) is 0 Å². The van der Waals surface area contributed by atoms with E-state index < -0.39 is 23.8 Å². The Hall–Kier alpha value is -2.58. The monoisotopic (exact) mass is 424 g/mol. The Morgan fingerprint density at radius 1 is 1.13 bits per heavy atom. The number of hydrogen-bond acceptors (Lipinski definition) is 6. The van der Waals surface area contributed by atoms with Crippen molar-refractivity contribution in [3.05, 3.63) is 34.9 Å². The Morgan fingerprint density at radius 3 is 2.71 bits per heavy atom. The summed E-state index contributed by atoms with van der Waals surface area (Å²) >= 11 is 0. The minimum absolute atomic E-state index is 0.113. The van der Waals surface area contributed by atoms with Gasteiger partial charge in [0.15, 0.2) is 0 Å². The first kappa shape index (κ1) is 20.3. The van der Waals surface area contributed by atoms with E-state index in [1.54, 1.807) is 12.1 Å². The van der Waals surface area contributed by atoms with Crippen molar-refractivity contribution < 1.29 is 19.2 Å². The third-order valence-electron chi connectivity index (χ3n) is 7.60. The molecule has 1 saturated carbocycles. The Balaban J connectivity index is 1.36. The molecule has 31 heavy (non-hydrogen) atoms. The molecule has 1 aromatic carbocycles. The fraction of sp³-hybridized carbons (Fsp3) is 0.565. The number of hydrogen-bond donors (Lipinski definition) is 3. The molecule has 8 heteroatoms. The highest BCUT2D eigenvalue weighted by Gasteiger charge is 2.56. The molecule has 0 spiro atoms. The Bertz CT molecular complexity index is 988. The normalized spacial score (nSPS) is 31.7. The predicted molar refractivity (Wildman–Crippen MR) is 112 cm³/mol. The van der Waals surface area contributed by atoms with Crippen LogP contribution in [0.2, 0.25) is 0 Å². The van der Waals surface area contributed by atoms with Crippen LogP contribution < -0.4 is 16.0 Å². The van der Waals surface area contributed by atoms with E-state index in [1.165, 1.54) is 12.8 Å². The molecule has 4 atom stereocenters. The molecule has 2 saturated heterocycles. The van der Waals surface area contributed by atoms with E-state index in [4.69, 9.17) is 0 Å². The number of nitrogens with zero attached hydrogens (tertiary/aromatic N) is 1. The highest BCUT2D eigenvalue weighted by molar-refractivity contribution is 6.24. The van der Waals surface area contributed by atoms with Gasteiger partial charge >= 0.3 is 0 Å². The summed E-state index contributed by atoms with van der Waals surface area (Å²) in [5.74, 6) is -1.30. The molecule has 3 N–H and O–H groups in total. The van der Waals surface area contributed by atoms with Crippen LogP contribution in [-0.4, -0.2) is 53.2 Å².